The smallest absolute Gasteiger partial charge is 0.296 e. The Hall–Kier alpha value is -0.620. The zero-order chi connectivity index (χ0) is 15.9. The topological polar surface area (TPSA) is 64.8 Å². The monoisotopic (exact) mass is 335 g/mol. The van der Waals surface area contributed by atoms with Gasteiger partial charge in [0.25, 0.3) is 14.2 Å². The molecule has 0 atom stereocenters. The predicted octanol–water partition coefficient (Wildman–Crippen LogP) is 4.08. The highest BCUT2D eigenvalue weighted by Crippen LogP contribution is 2.20. The largest absolute Gasteiger partial charge is 0.298 e. The molecule has 7 heteroatoms. The molecule has 0 fully saturated rings. The Morgan fingerprint density at radius 1 is 1.05 bits per heavy atom. The summed E-state index contributed by atoms with van der Waals surface area (Å²) in [5, 5.41) is 7.60. The van der Waals surface area contributed by atoms with E-state index in [1.165, 1.54) is 32.1 Å². The second kappa shape index (κ2) is 8.73. The van der Waals surface area contributed by atoms with Crippen molar-refractivity contribution >= 4 is 19.7 Å². The molecule has 21 heavy (non-hydrogen) atoms. The molecule has 0 unspecified atom stereocenters. The molecule has 5 nitrogen and oxygen atoms in total. The van der Waals surface area contributed by atoms with Crippen LogP contribution < -0.4 is 0 Å². The second-order valence-corrected chi connectivity index (χ2v) is 8.13. The van der Waals surface area contributed by atoms with Gasteiger partial charge in [0.15, 0.2) is 0 Å². The van der Waals surface area contributed by atoms with Gasteiger partial charge < -0.3 is 0 Å². The molecule has 0 aliphatic heterocycles. The first-order valence-corrected chi connectivity index (χ1v) is 10.1. The van der Waals surface area contributed by atoms with E-state index in [9.17, 15) is 8.42 Å². The number of aromatic nitrogens is 3. The Morgan fingerprint density at radius 3 is 2.14 bits per heavy atom. The molecular weight excluding hydrogens is 310 g/mol. The third kappa shape index (κ3) is 5.94. The molecule has 0 amide bonds. The van der Waals surface area contributed by atoms with Crippen molar-refractivity contribution in [3.63, 3.8) is 0 Å². The van der Waals surface area contributed by atoms with Crippen LogP contribution >= 0.6 is 10.7 Å². The number of rotatable bonds is 10. The molecule has 1 rings (SSSR count). The Bertz CT molecular complexity index is 526. The summed E-state index contributed by atoms with van der Waals surface area (Å²) in [6.45, 7) is 6.02. The fourth-order valence-electron chi connectivity index (χ4n) is 2.40. The summed E-state index contributed by atoms with van der Waals surface area (Å²) in [6, 6.07) is -0.0249. The standard InChI is InChI=1S/C14H26ClN3O2S/c1-4-5-6-7-8-9-10-11-13-16-17-14(21(15,19)20)18(13)12(2)3/h12H,4-11H2,1-3H3. The van der Waals surface area contributed by atoms with Crippen LogP contribution in [0.2, 0.25) is 0 Å². The van der Waals surface area contributed by atoms with Crippen LogP contribution in [0, 0.1) is 0 Å². The van der Waals surface area contributed by atoms with Gasteiger partial charge in [-0.1, -0.05) is 45.4 Å². The molecule has 0 aromatic carbocycles. The molecule has 1 aromatic heterocycles. The lowest BCUT2D eigenvalue weighted by atomic mass is 10.1. The van der Waals surface area contributed by atoms with E-state index in [4.69, 9.17) is 10.7 Å². The first-order valence-electron chi connectivity index (χ1n) is 7.76. The summed E-state index contributed by atoms with van der Waals surface area (Å²) in [7, 11) is 1.56. The van der Waals surface area contributed by atoms with E-state index < -0.39 is 9.05 Å². The SMILES string of the molecule is CCCCCCCCCc1nnc(S(=O)(=O)Cl)n1C(C)C. The van der Waals surface area contributed by atoms with E-state index >= 15 is 0 Å². The van der Waals surface area contributed by atoms with Crippen molar-refractivity contribution in [2.24, 2.45) is 0 Å². The minimum Gasteiger partial charge on any atom is -0.298 e. The van der Waals surface area contributed by atoms with Crippen LogP contribution in [0.25, 0.3) is 0 Å². The van der Waals surface area contributed by atoms with Crippen molar-refractivity contribution in [1.29, 1.82) is 0 Å². The summed E-state index contributed by atoms with van der Waals surface area (Å²) in [6.07, 6.45) is 9.23. The zero-order valence-corrected chi connectivity index (χ0v) is 14.8. The van der Waals surface area contributed by atoms with Crippen molar-refractivity contribution < 1.29 is 8.42 Å². The molecule has 0 bridgehead atoms. The lowest BCUT2D eigenvalue weighted by Crippen LogP contribution is -2.12. The van der Waals surface area contributed by atoms with Gasteiger partial charge in [-0.25, -0.2) is 8.42 Å². The highest BCUT2D eigenvalue weighted by Gasteiger charge is 2.23. The molecule has 1 heterocycles. The van der Waals surface area contributed by atoms with Crippen molar-refractivity contribution in [2.75, 3.05) is 0 Å². The van der Waals surface area contributed by atoms with Crippen LogP contribution in [-0.4, -0.2) is 23.2 Å². The molecule has 0 radical (unpaired) electrons. The van der Waals surface area contributed by atoms with E-state index in [1.807, 2.05) is 13.8 Å². The summed E-state index contributed by atoms with van der Waals surface area (Å²) >= 11 is 0. The number of unbranched alkanes of at least 4 members (excludes halogenated alkanes) is 6. The summed E-state index contributed by atoms with van der Waals surface area (Å²) < 4.78 is 24.6. The van der Waals surface area contributed by atoms with Crippen LogP contribution in [-0.2, 0) is 15.5 Å². The van der Waals surface area contributed by atoms with Crippen LogP contribution in [0.4, 0.5) is 0 Å². The molecule has 0 aliphatic rings. The van der Waals surface area contributed by atoms with E-state index in [0.29, 0.717) is 5.82 Å². The van der Waals surface area contributed by atoms with Gasteiger partial charge in [-0.2, -0.15) is 0 Å². The van der Waals surface area contributed by atoms with E-state index in [0.717, 1.165) is 19.3 Å². The van der Waals surface area contributed by atoms with Crippen LogP contribution in [0.15, 0.2) is 5.16 Å². The third-order valence-electron chi connectivity index (χ3n) is 3.47. The predicted molar refractivity (Wildman–Crippen MR) is 85.1 cm³/mol. The molecule has 0 saturated carbocycles. The summed E-state index contributed by atoms with van der Waals surface area (Å²) in [5.41, 5.74) is 0. The molecule has 0 N–H and O–H groups in total. The Labute approximate surface area is 132 Å². The average molecular weight is 336 g/mol. The van der Waals surface area contributed by atoms with Gasteiger partial charge in [0.2, 0.25) is 0 Å². The molecule has 0 aliphatic carbocycles. The lowest BCUT2D eigenvalue weighted by molar-refractivity contribution is 0.499. The van der Waals surface area contributed by atoms with Gasteiger partial charge >= 0.3 is 0 Å². The molecule has 0 spiro atoms. The quantitative estimate of drug-likeness (QED) is 0.477. The Balaban J connectivity index is 2.54. The van der Waals surface area contributed by atoms with Crippen molar-refractivity contribution in [3.8, 4) is 0 Å². The molecule has 0 saturated heterocycles. The second-order valence-electron chi connectivity index (χ2n) is 5.67. The Morgan fingerprint density at radius 2 is 1.62 bits per heavy atom. The van der Waals surface area contributed by atoms with Gasteiger partial charge in [0.1, 0.15) is 5.82 Å². The van der Waals surface area contributed by atoms with Crippen LogP contribution in [0.3, 0.4) is 0 Å². The van der Waals surface area contributed by atoms with Crippen molar-refractivity contribution in [3.05, 3.63) is 5.82 Å². The van der Waals surface area contributed by atoms with Gasteiger partial charge in [0, 0.05) is 23.1 Å². The molecule has 122 valence electrons. The number of nitrogens with zero attached hydrogens (tertiary/aromatic N) is 3. The number of hydrogen-bond donors (Lipinski definition) is 0. The lowest BCUT2D eigenvalue weighted by Gasteiger charge is -2.12. The summed E-state index contributed by atoms with van der Waals surface area (Å²) in [4.78, 5) is 0. The van der Waals surface area contributed by atoms with Gasteiger partial charge in [-0.05, 0) is 20.3 Å². The first kappa shape index (κ1) is 18.4. The number of aryl methyl sites for hydroxylation is 1. The van der Waals surface area contributed by atoms with Gasteiger partial charge in [-0.3, -0.25) is 4.57 Å². The maximum absolute atomic E-state index is 11.5. The minimum absolute atomic E-state index is 0.0249. The number of hydrogen-bond acceptors (Lipinski definition) is 4. The average Bonchev–Trinajstić information content (AvgIpc) is 2.81. The minimum atomic E-state index is -3.84. The third-order valence-corrected chi connectivity index (χ3v) is 4.60. The van der Waals surface area contributed by atoms with Crippen molar-refractivity contribution in [2.45, 2.75) is 83.3 Å². The fraction of sp³-hybridized carbons (Fsp3) is 0.857. The fourth-order valence-corrected chi connectivity index (χ4v) is 3.41. The van der Waals surface area contributed by atoms with Crippen molar-refractivity contribution in [1.82, 2.24) is 14.8 Å². The first-order chi connectivity index (χ1) is 9.88. The Kier molecular flexibility index (Phi) is 7.66. The normalized spacial score (nSPS) is 12.2. The van der Waals surface area contributed by atoms with Gasteiger partial charge in [0.05, 0.1) is 0 Å². The maximum Gasteiger partial charge on any atom is 0.296 e. The van der Waals surface area contributed by atoms with Crippen LogP contribution in [0.5, 0.6) is 0 Å². The maximum atomic E-state index is 11.5. The van der Waals surface area contributed by atoms with E-state index in [-0.39, 0.29) is 11.2 Å². The molecular formula is C14H26ClN3O2S. The van der Waals surface area contributed by atoms with Crippen LogP contribution in [0.1, 0.15) is 77.6 Å². The van der Waals surface area contributed by atoms with Gasteiger partial charge in [-0.15, -0.1) is 10.2 Å². The highest BCUT2D eigenvalue weighted by atomic mass is 35.7. The highest BCUT2D eigenvalue weighted by molar-refractivity contribution is 8.13. The summed E-state index contributed by atoms with van der Waals surface area (Å²) in [5.74, 6) is 0.706. The molecule has 1 aromatic rings. The van der Waals surface area contributed by atoms with E-state index in [1.54, 1.807) is 4.57 Å². The zero-order valence-electron chi connectivity index (χ0n) is 13.2. The number of halogens is 1. The van der Waals surface area contributed by atoms with E-state index in [2.05, 4.69) is 17.1 Å².